The van der Waals surface area contributed by atoms with Crippen LogP contribution in [0.1, 0.15) is 6.42 Å². The molecule has 14 heavy (non-hydrogen) atoms. The first-order chi connectivity index (χ1) is 6.04. The molecule has 0 saturated carbocycles. The normalized spacial score (nSPS) is 20.6. The summed E-state index contributed by atoms with van der Waals surface area (Å²) in [5.41, 5.74) is 0. The molecule has 0 unspecified atom stereocenters. The first kappa shape index (κ1) is 14.7. The van der Waals surface area contributed by atoms with Crippen LogP contribution >= 0.6 is 0 Å². The molecule has 0 radical (unpaired) electrons. The van der Waals surface area contributed by atoms with Crippen LogP contribution in [0.2, 0.25) is 19.6 Å². The first-order valence-corrected chi connectivity index (χ1v) is 8.75. The van der Waals surface area contributed by atoms with Crippen LogP contribution in [-0.2, 0) is 0 Å². The minimum atomic E-state index is -1.02. The molecule has 0 aromatic heterocycles. The molecule has 78 valence electrons. The topological polar surface area (TPSA) is 6.48 Å². The van der Waals surface area contributed by atoms with Crippen LogP contribution in [0.4, 0.5) is 0 Å². The first-order valence-electron chi connectivity index (χ1n) is 5.30. The molecule has 4 heteroatoms. The summed E-state index contributed by atoms with van der Waals surface area (Å²) < 4.78 is 2.70. The third-order valence-electron chi connectivity index (χ3n) is 2.80. The van der Waals surface area contributed by atoms with Gasteiger partial charge in [0.1, 0.15) is 8.24 Å². The smallest absolute Gasteiger partial charge is 0.342 e. The number of hydrogen-bond donors (Lipinski definition) is 0. The number of hydrogen-bond acceptors (Lipinski definition) is 2. The van der Waals surface area contributed by atoms with Crippen LogP contribution in [0.25, 0.3) is 0 Å². The SMILES string of the molecule is [CH2-]CCN1CCN([Si](C)(C)C)CC1.[Li+]. The maximum atomic E-state index is 3.90. The molecule has 1 rings (SSSR count). The molecule has 1 heterocycles. The molecule has 1 saturated heterocycles. The van der Waals surface area contributed by atoms with Crippen LogP contribution in [0.15, 0.2) is 0 Å². The van der Waals surface area contributed by atoms with Gasteiger partial charge in [0.2, 0.25) is 0 Å². The Bertz CT molecular complexity index is 151. The van der Waals surface area contributed by atoms with E-state index >= 15 is 0 Å². The van der Waals surface area contributed by atoms with Gasteiger partial charge in [0.15, 0.2) is 0 Å². The molecule has 1 aliphatic rings. The van der Waals surface area contributed by atoms with Crippen molar-refractivity contribution in [1.29, 1.82) is 0 Å². The fourth-order valence-electron chi connectivity index (χ4n) is 1.87. The second-order valence-electron chi connectivity index (χ2n) is 4.85. The van der Waals surface area contributed by atoms with E-state index in [1.807, 2.05) is 0 Å². The van der Waals surface area contributed by atoms with Gasteiger partial charge in [-0.15, -0.1) is 0 Å². The Balaban J connectivity index is 0.00000169. The molecule has 0 amide bonds. The van der Waals surface area contributed by atoms with Gasteiger partial charge >= 0.3 is 18.9 Å². The van der Waals surface area contributed by atoms with Crippen molar-refractivity contribution >= 4 is 8.24 Å². The molecular formula is C10H23LiN2Si. The third-order valence-corrected chi connectivity index (χ3v) is 5.14. The summed E-state index contributed by atoms with van der Waals surface area (Å²) in [6, 6.07) is 0. The monoisotopic (exact) mass is 206 g/mol. The van der Waals surface area contributed by atoms with Gasteiger partial charge < -0.3 is 16.4 Å². The standard InChI is InChI=1S/C10H23N2Si.Li/c1-5-6-11-7-9-12(10-8-11)13(2,3)4;/h1,5-10H2,2-4H3;/q-1;+1. The Morgan fingerprint density at radius 3 is 1.93 bits per heavy atom. The fraction of sp³-hybridized carbons (Fsp3) is 0.900. The van der Waals surface area contributed by atoms with Gasteiger partial charge in [-0.25, -0.2) is 0 Å². The van der Waals surface area contributed by atoms with E-state index < -0.39 is 8.24 Å². The summed E-state index contributed by atoms with van der Waals surface area (Å²) >= 11 is 0. The predicted octanol–water partition coefficient (Wildman–Crippen LogP) is -1.33. The number of rotatable bonds is 3. The van der Waals surface area contributed by atoms with Crippen molar-refractivity contribution in [3.63, 3.8) is 0 Å². The molecule has 0 spiro atoms. The van der Waals surface area contributed by atoms with Crippen LogP contribution in [0.3, 0.4) is 0 Å². The van der Waals surface area contributed by atoms with Gasteiger partial charge in [0, 0.05) is 26.2 Å². The molecule has 0 atom stereocenters. The summed E-state index contributed by atoms with van der Waals surface area (Å²) in [5.74, 6) is 0. The van der Waals surface area contributed by atoms with Crippen LogP contribution in [0, 0.1) is 6.92 Å². The van der Waals surface area contributed by atoms with E-state index in [1.165, 1.54) is 32.7 Å². The number of piperazine rings is 1. The van der Waals surface area contributed by atoms with Crippen molar-refractivity contribution in [3.05, 3.63) is 6.92 Å². The van der Waals surface area contributed by atoms with Crippen molar-refractivity contribution in [3.8, 4) is 0 Å². The summed E-state index contributed by atoms with van der Waals surface area (Å²) in [4.78, 5) is 2.53. The van der Waals surface area contributed by atoms with Crippen LogP contribution in [-0.4, -0.2) is 50.4 Å². The summed E-state index contributed by atoms with van der Waals surface area (Å²) in [5, 5.41) is 0. The molecule has 0 bridgehead atoms. The fourth-order valence-corrected chi connectivity index (χ4v) is 3.41. The predicted molar refractivity (Wildman–Crippen MR) is 61.3 cm³/mol. The Kier molecular flexibility index (Phi) is 6.68. The van der Waals surface area contributed by atoms with E-state index in [0.29, 0.717) is 0 Å². The van der Waals surface area contributed by atoms with Crippen molar-refractivity contribution in [1.82, 2.24) is 9.47 Å². The zero-order valence-electron chi connectivity index (χ0n) is 10.3. The van der Waals surface area contributed by atoms with Crippen LogP contribution < -0.4 is 18.9 Å². The Labute approximate surface area is 102 Å². The maximum Gasteiger partial charge on any atom is 1.00 e. The second kappa shape index (κ2) is 6.35. The van der Waals surface area contributed by atoms with Gasteiger partial charge in [0.05, 0.1) is 0 Å². The van der Waals surface area contributed by atoms with Gasteiger partial charge in [0.25, 0.3) is 0 Å². The van der Waals surface area contributed by atoms with Crippen molar-refractivity contribution < 1.29 is 18.9 Å². The molecule has 0 aliphatic carbocycles. The van der Waals surface area contributed by atoms with Gasteiger partial charge in [-0.05, 0) is 6.54 Å². The Morgan fingerprint density at radius 2 is 1.57 bits per heavy atom. The van der Waals surface area contributed by atoms with E-state index in [2.05, 4.69) is 36.0 Å². The van der Waals surface area contributed by atoms with Gasteiger partial charge in [-0.3, -0.25) is 0 Å². The molecular weight excluding hydrogens is 183 g/mol. The zero-order chi connectivity index (χ0) is 9.90. The second-order valence-corrected chi connectivity index (χ2v) is 9.83. The molecule has 1 fully saturated rings. The average molecular weight is 206 g/mol. The average Bonchev–Trinajstić information content (AvgIpc) is 2.04. The van der Waals surface area contributed by atoms with E-state index in [0.717, 1.165) is 6.42 Å². The number of nitrogens with zero attached hydrogens (tertiary/aromatic N) is 2. The van der Waals surface area contributed by atoms with E-state index in [9.17, 15) is 0 Å². The molecule has 0 aromatic carbocycles. The molecule has 0 N–H and O–H groups in total. The molecule has 1 aliphatic heterocycles. The quantitative estimate of drug-likeness (QED) is 0.417. The third kappa shape index (κ3) is 4.50. The minimum absolute atomic E-state index is 0. The largest absolute Gasteiger partial charge is 1.00 e. The summed E-state index contributed by atoms with van der Waals surface area (Å²) in [6.07, 6.45) is 1.05. The van der Waals surface area contributed by atoms with Gasteiger partial charge in [-0.2, -0.15) is 6.42 Å². The maximum absolute atomic E-state index is 3.90. The van der Waals surface area contributed by atoms with Crippen molar-refractivity contribution in [2.75, 3.05) is 32.7 Å². The summed E-state index contributed by atoms with van der Waals surface area (Å²) in [7, 11) is -1.02. The zero-order valence-corrected chi connectivity index (χ0v) is 11.3. The van der Waals surface area contributed by atoms with E-state index in [-0.39, 0.29) is 18.9 Å². The molecule has 2 nitrogen and oxygen atoms in total. The van der Waals surface area contributed by atoms with Crippen molar-refractivity contribution in [2.45, 2.75) is 26.1 Å². The minimum Gasteiger partial charge on any atom is -0.342 e. The van der Waals surface area contributed by atoms with E-state index in [1.54, 1.807) is 0 Å². The Hall–Kier alpha value is 0.734. The van der Waals surface area contributed by atoms with Crippen molar-refractivity contribution in [2.24, 2.45) is 0 Å². The van der Waals surface area contributed by atoms with Crippen LogP contribution in [0.5, 0.6) is 0 Å². The molecule has 0 aromatic rings. The Morgan fingerprint density at radius 1 is 1.07 bits per heavy atom. The summed E-state index contributed by atoms with van der Waals surface area (Å²) in [6.45, 7) is 17.4. The van der Waals surface area contributed by atoms with Gasteiger partial charge in [-0.1, -0.05) is 19.6 Å². The van der Waals surface area contributed by atoms with E-state index in [4.69, 9.17) is 0 Å².